The molecule has 0 fully saturated rings. The van der Waals surface area contributed by atoms with Gasteiger partial charge in [-0.15, -0.1) is 0 Å². The van der Waals surface area contributed by atoms with Gasteiger partial charge in [-0.05, 0) is 17.0 Å². The van der Waals surface area contributed by atoms with Crippen LogP contribution in [0.1, 0.15) is 37.9 Å². The quantitative estimate of drug-likeness (QED) is 0.678. The zero-order valence-corrected chi connectivity index (χ0v) is 9.29. The summed E-state index contributed by atoms with van der Waals surface area (Å²) in [5.41, 5.74) is 8.83. The Morgan fingerprint density at radius 1 is 1.33 bits per heavy atom. The highest BCUT2D eigenvalue weighted by Gasteiger charge is 2.28. The Labute approximate surface area is 89.7 Å². The number of fused-ring (bicyclic) bond motifs is 1. The van der Waals surface area contributed by atoms with Gasteiger partial charge in [0, 0.05) is 11.3 Å². The fourth-order valence-corrected chi connectivity index (χ4v) is 1.75. The molecule has 0 aliphatic carbocycles. The van der Waals surface area contributed by atoms with Crippen molar-refractivity contribution in [3.63, 3.8) is 0 Å². The molecule has 1 aliphatic rings. The fourth-order valence-electron chi connectivity index (χ4n) is 1.75. The molecule has 0 bridgehead atoms. The van der Waals surface area contributed by atoms with Gasteiger partial charge in [0.2, 0.25) is 5.91 Å². The molecule has 3 heteroatoms. The summed E-state index contributed by atoms with van der Waals surface area (Å²) in [7, 11) is 0. The molecular weight excluding hydrogens is 188 g/mol. The Hall–Kier alpha value is -1.35. The second kappa shape index (κ2) is 3.07. The van der Waals surface area contributed by atoms with Crippen molar-refractivity contribution in [1.82, 2.24) is 0 Å². The number of amides is 1. The predicted molar refractivity (Wildman–Crippen MR) is 60.7 cm³/mol. The summed E-state index contributed by atoms with van der Waals surface area (Å²) < 4.78 is 0. The summed E-state index contributed by atoms with van der Waals surface area (Å²) in [6.07, 6.45) is 0. The van der Waals surface area contributed by atoms with Gasteiger partial charge in [-0.1, -0.05) is 32.9 Å². The summed E-state index contributed by atoms with van der Waals surface area (Å²) in [6, 6.07) is 5.48. The lowest BCUT2D eigenvalue weighted by Crippen LogP contribution is -2.20. The molecular formula is C12H16N2O. The van der Waals surface area contributed by atoms with Crippen LogP contribution in [-0.2, 0) is 10.2 Å². The van der Waals surface area contributed by atoms with Gasteiger partial charge in [0.05, 0.1) is 0 Å². The summed E-state index contributed by atoms with van der Waals surface area (Å²) in [4.78, 5) is 11.4. The summed E-state index contributed by atoms with van der Waals surface area (Å²) in [5, 5.41) is 2.76. The molecule has 0 saturated heterocycles. The first-order valence-electron chi connectivity index (χ1n) is 5.10. The van der Waals surface area contributed by atoms with Crippen LogP contribution in [0.4, 0.5) is 5.69 Å². The first kappa shape index (κ1) is 10.2. The molecule has 1 unspecified atom stereocenters. The Bertz CT molecular complexity index is 418. The van der Waals surface area contributed by atoms with E-state index in [9.17, 15) is 4.79 Å². The molecule has 15 heavy (non-hydrogen) atoms. The number of carbonyl (C=O) groups is 1. The van der Waals surface area contributed by atoms with E-state index in [1.54, 1.807) is 0 Å². The van der Waals surface area contributed by atoms with Crippen molar-refractivity contribution in [3.05, 3.63) is 29.3 Å². The van der Waals surface area contributed by atoms with E-state index < -0.39 is 6.04 Å². The van der Waals surface area contributed by atoms with Gasteiger partial charge in [0.1, 0.15) is 6.04 Å². The molecule has 0 aromatic heterocycles. The molecule has 0 radical (unpaired) electrons. The highest BCUT2D eigenvalue weighted by atomic mass is 16.2. The summed E-state index contributed by atoms with van der Waals surface area (Å²) in [5.74, 6) is -0.115. The number of rotatable bonds is 0. The van der Waals surface area contributed by atoms with Crippen molar-refractivity contribution in [2.24, 2.45) is 5.73 Å². The molecule has 1 aromatic carbocycles. The second-order valence-corrected chi connectivity index (χ2v) is 5.02. The van der Waals surface area contributed by atoms with Crippen molar-refractivity contribution in [2.75, 3.05) is 5.32 Å². The van der Waals surface area contributed by atoms with E-state index in [0.717, 1.165) is 11.3 Å². The average Bonchev–Trinajstić information content (AvgIpc) is 2.41. The van der Waals surface area contributed by atoms with Crippen molar-refractivity contribution in [2.45, 2.75) is 32.2 Å². The molecule has 0 saturated carbocycles. The fraction of sp³-hybridized carbons (Fsp3) is 0.417. The van der Waals surface area contributed by atoms with Gasteiger partial charge in [-0.2, -0.15) is 0 Å². The number of nitrogens with two attached hydrogens (primary N) is 1. The van der Waals surface area contributed by atoms with Gasteiger partial charge in [-0.3, -0.25) is 4.79 Å². The van der Waals surface area contributed by atoms with Gasteiger partial charge < -0.3 is 11.1 Å². The smallest absolute Gasteiger partial charge is 0.245 e. The van der Waals surface area contributed by atoms with Crippen LogP contribution in [-0.4, -0.2) is 5.91 Å². The van der Waals surface area contributed by atoms with E-state index in [1.807, 2.05) is 18.2 Å². The maximum absolute atomic E-state index is 11.4. The predicted octanol–water partition coefficient (Wildman–Crippen LogP) is 1.94. The molecule has 0 spiro atoms. The lowest BCUT2D eigenvalue weighted by molar-refractivity contribution is -0.116. The lowest BCUT2D eigenvalue weighted by Gasteiger charge is -2.20. The molecule has 80 valence electrons. The topological polar surface area (TPSA) is 55.1 Å². The van der Waals surface area contributed by atoms with Crippen molar-refractivity contribution in [1.29, 1.82) is 0 Å². The van der Waals surface area contributed by atoms with Crippen LogP contribution in [0.25, 0.3) is 0 Å². The summed E-state index contributed by atoms with van der Waals surface area (Å²) >= 11 is 0. The minimum atomic E-state index is -0.512. The molecule has 1 amide bonds. The minimum absolute atomic E-state index is 0.0837. The van der Waals surface area contributed by atoms with Crippen molar-refractivity contribution >= 4 is 11.6 Å². The van der Waals surface area contributed by atoms with E-state index >= 15 is 0 Å². The number of benzene rings is 1. The van der Waals surface area contributed by atoms with E-state index in [0.29, 0.717) is 0 Å². The molecule has 3 nitrogen and oxygen atoms in total. The van der Waals surface area contributed by atoms with E-state index in [4.69, 9.17) is 5.73 Å². The molecule has 2 rings (SSSR count). The van der Waals surface area contributed by atoms with Crippen LogP contribution in [0, 0.1) is 0 Å². The maximum atomic E-state index is 11.4. The lowest BCUT2D eigenvalue weighted by atomic mass is 9.85. The van der Waals surface area contributed by atoms with Crippen LogP contribution in [0.3, 0.4) is 0 Å². The third kappa shape index (κ3) is 1.63. The number of carbonyl (C=O) groups excluding carboxylic acids is 1. The van der Waals surface area contributed by atoms with E-state index in [2.05, 4.69) is 26.1 Å². The first-order chi connectivity index (χ1) is 6.89. The number of hydrogen-bond donors (Lipinski definition) is 2. The number of nitrogens with one attached hydrogen (secondary N) is 1. The number of anilines is 1. The average molecular weight is 204 g/mol. The standard InChI is InChI=1S/C12H16N2O/c1-12(2,3)7-4-5-9-8(6-7)10(13)11(15)14-9/h4-6,10H,13H2,1-3H3,(H,14,15). The van der Waals surface area contributed by atoms with E-state index in [-0.39, 0.29) is 11.3 Å². The maximum Gasteiger partial charge on any atom is 0.245 e. The Morgan fingerprint density at radius 2 is 2.00 bits per heavy atom. The first-order valence-corrected chi connectivity index (χ1v) is 5.10. The molecule has 1 aromatic rings. The highest BCUT2D eigenvalue weighted by molar-refractivity contribution is 6.02. The largest absolute Gasteiger partial charge is 0.324 e. The van der Waals surface area contributed by atoms with E-state index in [1.165, 1.54) is 5.56 Å². The summed E-state index contributed by atoms with van der Waals surface area (Å²) in [6.45, 7) is 6.43. The van der Waals surface area contributed by atoms with Crippen LogP contribution in [0.2, 0.25) is 0 Å². The SMILES string of the molecule is CC(C)(C)c1ccc2c(c1)C(N)C(=O)N2. The van der Waals surface area contributed by atoms with Crippen molar-refractivity contribution < 1.29 is 4.79 Å². The Balaban J connectivity index is 2.49. The van der Waals surface area contributed by atoms with Crippen molar-refractivity contribution in [3.8, 4) is 0 Å². The second-order valence-electron chi connectivity index (χ2n) is 5.02. The van der Waals surface area contributed by atoms with Gasteiger partial charge in [0.15, 0.2) is 0 Å². The van der Waals surface area contributed by atoms with Crippen LogP contribution in [0.15, 0.2) is 18.2 Å². The third-order valence-corrected chi connectivity index (χ3v) is 2.79. The number of hydrogen-bond acceptors (Lipinski definition) is 2. The van der Waals surface area contributed by atoms with Crippen LogP contribution >= 0.6 is 0 Å². The van der Waals surface area contributed by atoms with Crippen LogP contribution in [0.5, 0.6) is 0 Å². The van der Waals surface area contributed by atoms with Gasteiger partial charge in [-0.25, -0.2) is 0 Å². The molecule has 1 aliphatic heterocycles. The monoisotopic (exact) mass is 204 g/mol. The molecule has 1 atom stereocenters. The highest BCUT2D eigenvalue weighted by Crippen LogP contribution is 2.33. The zero-order valence-electron chi connectivity index (χ0n) is 9.29. The molecule has 3 N–H and O–H groups in total. The normalized spacial score (nSPS) is 20.0. The van der Waals surface area contributed by atoms with Crippen LogP contribution < -0.4 is 11.1 Å². The third-order valence-electron chi connectivity index (χ3n) is 2.79. The Kier molecular flexibility index (Phi) is 2.08. The minimum Gasteiger partial charge on any atom is -0.324 e. The zero-order chi connectivity index (χ0) is 11.2. The van der Waals surface area contributed by atoms with Gasteiger partial charge in [0.25, 0.3) is 0 Å². The Morgan fingerprint density at radius 3 is 2.60 bits per heavy atom. The van der Waals surface area contributed by atoms with Gasteiger partial charge >= 0.3 is 0 Å². The molecule has 1 heterocycles.